The number of carboxylic acids is 1. The number of amides is 8. The highest BCUT2D eigenvalue weighted by molar-refractivity contribution is 6.07. The summed E-state index contributed by atoms with van der Waals surface area (Å²) in [5.41, 5.74) is 3.09. The van der Waals surface area contributed by atoms with E-state index in [1.54, 1.807) is 30.5 Å². The van der Waals surface area contributed by atoms with Crippen molar-refractivity contribution < 1.29 is 38.1 Å². The van der Waals surface area contributed by atoms with E-state index >= 15 is 0 Å². The number of hydrogen-bond donors (Lipinski definition) is 9. The Morgan fingerprint density at radius 2 is 1.26 bits per heavy atom. The van der Waals surface area contributed by atoms with Gasteiger partial charge in [-0.05, 0) is 23.8 Å². The van der Waals surface area contributed by atoms with Crippen molar-refractivity contribution in [2.45, 2.75) is 0 Å². The number of nitrogens with one attached hydrogen (secondary N) is 8. The number of carbonyl (C=O) groups is 5. The fourth-order valence-corrected chi connectivity index (χ4v) is 5.62. The molecule has 0 atom stereocenters. The summed E-state index contributed by atoms with van der Waals surface area (Å²) in [4.78, 5) is 60.0. The fraction of sp³-hybridized carbons (Fsp3) is 0.306. The molecule has 17 heteroatoms. The van der Waals surface area contributed by atoms with Gasteiger partial charge < -0.3 is 52.1 Å². The first-order valence-electron chi connectivity index (χ1n) is 16.9. The van der Waals surface area contributed by atoms with Crippen LogP contribution in [0.4, 0.5) is 24.9 Å². The van der Waals surface area contributed by atoms with E-state index in [1.807, 2.05) is 45.5 Å². The third-order valence-electron chi connectivity index (χ3n) is 8.27. The molecule has 0 unspecified atom stereocenters. The Labute approximate surface area is 305 Å². The van der Waals surface area contributed by atoms with Gasteiger partial charge in [-0.15, -0.1) is 0 Å². The molecule has 0 aromatic heterocycles. The first kappa shape index (κ1) is 39.1. The molecule has 2 aromatic rings. The van der Waals surface area contributed by atoms with Gasteiger partial charge in [0.2, 0.25) is 11.0 Å². The lowest BCUT2D eigenvalue weighted by Crippen LogP contribution is -2.44. The highest BCUT2D eigenvalue weighted by atomic mass is 16.4. The molecule has 9 N–H and O–H groups in total. The van der Waals surface area contributed by atoms with Crippen molar-refractivity contribution in [1.82, 2.24) is 47.1 Å². The smallest absolute Gasteiger partial charge is 0.336 e. The predicted octanol–water partition coefficient (Wildman–Crippen LogP) is 1.11. The lowest BCUT2D eigenvalue weighted by atomic mass is 9.90. The minimum atomic E-state index is -1.08. The summed E-state index contributed by atoms with van der Waals surface area (Å²) >= 11 is 0. The van der Waals surface area contributed by atoms with Crippen LogP contribution in [-0.4, -0.2) is 120 Å². The summed E-state index contributed by atoms with van der Waals surface area (Å²) in [5, 5.41) is 32.8. The molecule has 280 valence electrons. The zero-order valence-corrected chi connectivity index (χ0v) is 30.1. The van der Waals surface area contributed by atoms with Crippen molar-refractivity contribution in [3.05, 3.63) is 71.6 Å². The van der Waals surface area contributed by atoms with Gasteiger partial charge in [0.25, 0.3) is 0 Å². The Hall–Kier alpha value is -6.65. The minimum Gasteiger partial charge on any atom is -0.478 e. The van der Waals surface area contributed by atoms with Crippen LogP contribution in [0.2, 0.25) is 0 Å². The van der Waals surface area contributed by atoms with E-state index in [4.69, 9.17) is 4.42 Å². The molecule has 0 radical (unpaired) electrons. The first-order valence-corrected chi connectivity index (χ1v) is 16.9. The van der Waals surface area contributed by atoms with Gasteiger partial charge in [-0.1, -0.05) is 18.2 Å². The van der Waals surface area contributed by atoms with Gasteiger partial charge in [-0.2, -0.15) is 4.58 Å². The summed E-state index contributed by atoms with van der Waals surface area (Å²) < 4.78 is 10.5. The van der Waals surface area contributed by atoms with Gasteiger partial charge in [0.05, 0.1) is 43.9 Å². The van der Waals surface area contributed by atoms with E-state index in [2.05, 4.69) is 42.5 Å². The van der Waals surface area contributed by atoms with Crippen molar-refractivity contribution in [2.75, 3.05) is 74.0 Å². The van der Waals surface area contributed by atoms with E-state index in [0.29, 0.717) is 71.8 Å². The van der Waals surface area contributed by atoms with Crippen LogP contribution in [0.1, 0.15) is 10.4 Å². The molecule has 0 saturated carbocycles. The number of fused-ring (bicyclic) bond motifs is 2. The van der Waals surface area contributed by atoms with Crippen LogP contribution in [0.25, 0.3) is 33.4 Å². The van der Waals surface area contributed by atoms with Gasteiger partial charge >= 0.3 is 30.1 Å². The average Bonchev–Trinajstić information content (AvgIpc) is 3.17. The second kappa shape index (κ2) is 19.1. The number of nitrogens with zero attached hydrogens (tertiary/aromatic N) is 2. The fourth-order valence-electron chi connectivity index (χ4n) is 5.62. The summed E-state index contributed by atoms with van der Waals surface area (Å²) in [6, 6.07) is 16.6. The van der Waals surface area contributed by atoms with Crippen molar-refractivity contribution in [2.24, 2.45) is 0 Å². The van der Waals surface area contributed by atoms with E-state index in [0.717, 1.165) is 5.36 Å². The van der Waals surface area contributed by atoms with E-state index in [1.165, 1.54) is 28.2 Å². The Bertz CT molecular complexity index is 2020. The summed E-state index contributed by atoms with van der Waals surface area (Å²) in [6.45, 7) is 2.24. The van der Waals surface area contributed by atoms with Crippen LogP contribution in [-0.2, 0) is 0 Å². The average molecular weight is 731 g/mol. The number of aromatic carboxylic acids is 1. The topological polar surface area (TPSA) is 221 Å². The Morgan fingerprint density at radius 1 is 0.679 bits per heavy atom. The van der Waals surface area contributed by atoms with Gasteiger partial charge in [0.1, 0.15) is 11.3 Å². The standard InChI is InChI=1S/C36H44N10O7/c1-37-33(49)41-13-17-45(18-14-42-34(50)38-2)23-9-11-27-29(21-23)53-30-22-24(46(19-15-43-35(51)39-3)20-16-44-36(52)40-4)10-12-28(30)31(27)25-7-5-6-8-26(25)32(47)48/h5-12,17,21-22H,13-16,18-20H2,1-4H3,(H7-2,37,38,39,40,41,42,43,44,47,48,49,50,51,52)/p+2. The summed E-state index contributed by atoms with van der Waals surface area (Å²) in [7, 11) is 6.10. The third-order valence-corrected chi connectivity index (χ3v) is 8.27. The Kier molecular flexibility index (Phi) is 14.1. The van der Waals surface area contributed by atoms with E-state index in [9.17, 15) is 29.1 Å². The molecule has 8 amide bonds. The maximum absolute atomic E-state index is 12.5. The number of carbonyl (C=O) groups excluding carboxylic acids is 4. The van der Waals surface area contributed by atoms with E-state index in [-0.39, 0.29) is 42.8 Å². The molecule has 0 saturated heterocycles. The summed E-state index contributed by atoms with van der Waals surface area (Å²) in [5.74, 6) is -0.619. The molecular weight excluding hydrogens is 684 g/mol. The number of benzene rings is 3. The Balaban J connectivity index is 1.94. The van der Waals surface area contributed by atoms with Crippen molar-refractivity contribution in [3.63, 3.8) is 0 Å². The predicted molar refractivity (Wildman–Crippen MR) is 201 cm³/mol. The summed E-state index contributed by atoms with van der Waals surface area (Å²) in [6.07, 6.45) is 1.78. The zero-order chi connectivity index (χ0) is 38.3. The number of carboxylic acid groups (broad SMARTS) is 1. The minimum absolute atomic E-state index is 0.118. The highest BCUT2D eigenvalue weighted by Gasteiger charge is 2.24. The van der Waals surface area contributed by atoms with Crippen LogP contribution in [0.15, 0.2) is 65.1 Å². The molecule has 2 aromatic carbocycles. The molecule has 0 bridgehead atoms. The van der Waals surface area contributed by atoms with Crippen LogP contribution in [0.5, 0.6) is 0 Å². The molecule has 0 spiro atoms. The molecule has 1 heterocycles. The number of rotatable bonds is 14. The van der Waals surface area contributed by atoms with E-state index < -0.39 is 5.97 Å². The molecule has 1 aliphatic heterocycles. The van der Waals surface area contributed by atoms with Gasteiger partial charge in [0, 0.05) is 56.8 Å². The van der Waals surface area contributed by atoms with Crippen LogP contribution < -0.4 is 52.5 Å². The normalized spacial score (nSPS) is 11.0. The third kappa shape index (κ3) is 10.4. The monoisotopic (exact) mass is 730 g/mol. The van der Waals surface area contributed by atoms with Crippen molar-refractivity contribution in [1.29, 1.82) is 0 Å². The second-order valence-electron chi connectivity index (χ2n) is 11.5. The lowest BCUT2D eigenvalue weighted by molar-refractivity contribution is -0.433. The molecule has 0 fully saturated rings. The molecule has 1 aliphatic carbocycles. The van der Waals surface area contributed by atoms with Crippen LogP contribution in [0, 0.1) is 0 Å². The number of hydrogen-bond acceptors (Lipinski definition) is 6. The van der Waals surface area contributed by atoms with Gasteiger partial charge in [-0.3, -0.25) is 0 Å². The Morgan fingerprint density at radius 3 is 1.87 bits per heavy atom. The molecule has 53 heavy (non-hydrogen) atoms. The quantitative estimate of drug-likeness (QED) is 0.0522. The lowest BCUT2D eigenvalue weighted by Gasteiger charge is -2.17. The molecular formula is C36H46N10O7+2. The molecule has 17 nitrogen and oxygen atoms in total. The zero-order valence-electron chi connectivity index (χ0n) is 30.1. The van der Waals surface area contributed by atoms with Gasteiger partial charge in [-0.25, -0.2) is 28.5 Å². The van der Waals surface area contributed by atoms with Crippen LogP contribution >= 0.6 is 0 Å². The first-order chi connectivity index (χ1) is 25.6. The second-order valence-corrected chi connectivity index (χ2v) is 11.5. The van der Waals surface area contributed by atoms with Gasteiger partial charge in [0.15, 0.2) is 25.8 Å². The SMILES string of the molecule is CNC(=O)NCC=[N+](CCNC(=O)NC)c1ccc2c(-c3ccccc3C(=O)O)c3ccc(=[N+](CCNC(=O)NC)CCNC(=O)NC)cc-3oc2c1. The number of urea groups is 4. The van der Waals surface area contributed by atoms with Crippen molar-refractivity contribution in [3.8, 4) is 22.5 Å². The molecule has 2 aliphatic rings. The van der Waals surface area contributed by atoms with Crippen molar-refractivity contribution >= 4 is 53.0 Å². The van der Waals surface area contributed by atoms with Crippen LogP contribution in [0.3, 0.4) is 0 Å². The molecule has 4 rings (SSSR count). The highest BCUT2D eigenvalue weighted by Crippen LogP contribution is 2.41. The maximum Gasteiger partial charge on any atom is 0.336 e. The maximum atomic E-state index is 12.5. The largest absolute Gasteiger partial charge is 0.478 e.